The minimum absolute atomic E-state index is 0.275. The molecule has 0 radical (unpaired) electrons. The molecule has 7 heteroatoms. The molecule has 2 aromatic rings. The number of benzene rings is 2. The molecule has 0 aliphatic heterocycles. The lowest BCUT2D eigenvalue weighted by Gasteiger charge is -2.11. The molecule has 0 bridgehead atoms. The molecule has 7 nitrogen and oxygen atoms in total. The van der Waals surface area contributed by atoms with E-state index in [2.05, 4.69) is 10.5 Å². The van der Waals surface area contributed by atoms with Gasteiger partial charge in [0.1, 0.15) is 11.5 Å². The third-order valence-electron chi connectivity index (χ3n) is 3.71. The highest BCUT2D eigenvalue weighted by Gasteiger charge is 2.08. The van der Waals surface area contributed by atoms with E-state index in [1.165, 1.54) is 7.11 Å². The number of aliphatic carboxylic acids is 1. The van der Waals surface area contributed by atoms with Crippen molar-refractivity contribution in [1.29, 1.82) is 0 Å². The van der Waals surface area contributed by atoms with Crippen molar-refractivity contribution in [2.75, 3.05) is 14.2 Å². The van der Waals surface area contributed by atoms with E-state index in [1.54, 1.807) is 56.5 Å². The highest BCUT2D eigenvalue weighted by Crippen LogP contribution is 2.21. The summed E-state index contributed by atoms with van der Waals surface area (Å²) in [5.74, 6) is -0.466. The predicted octanol–water partition coefficient (Wildman–Crippen LogP) is 1.15. The Bertz CT molecular complexity index is 828. The minimum atomic E-state index is -1.21. The molecule has 0 saturated heterocycles. The molecular weight excluding hydrogens is 336 g/mol. The largest absolute Gasteiger partial charge is 0.550 e. The number of methoxy groups -OCH3 is 2. The molecule has 0 unspecified atom stereocenters. The number of ether oxygens (including phenoxy) is 2. The van der Waals surface area contributed by atoms with Crippen LogP contribution in [0, 0.1) is 0 Å². The topological polar surface area (TPSA) is 100 Å². The van der Waals surface area contributed by atoms with Crippen LogP contribution in [-0.4, -0.2) is 31.8 Å². The summed E-state index contributed by atoms with van der Waals surface area (Å²) < 4.78 is 10.2. The number of nitrogens with zero attached hydrogens (tertiary/aromatic N) is 1. The van der Waals surface area contributed by atoms with Crippen LogP contribution in [0.5, 0.6) is 11.5 Å². The Morgan fingerprint density at radius 2 is 1.69 bits per heavy atom. The Labute approximate surface area is 151 Å². The number of carbonyl (C=O) groups excluding carboxylic acids is 2. The van der Waals surface area contributed by atoms with Gasteiger partial charge in [-0.1, -0.05) is 0 Å². The maximum atomic E-state index is 12.1. The summed E-state index contributed by atoms with van der Waals surface area (Å²) in [6.45, 7) is 1.71. The molecule has 2 aromatic carbocycles. The Kier molecular flexibility index (Phi) is 6.32. The number of amides is 1. The van der Waals surface area contributed by atoms with Gasteiger partial charge in [0, 0.05) is 23.5 Å². The highest BCUT2D eigenvalue weighted by atomic mass is 16.5. The number of nitrogens with one attached hydrogen (secondary N) is 1. The monoisotopic (exact) mass is 355 g/mol. The second kappa shape index (κ2) is 8.66. The molecular formula is C19H19N2O5-. The van der Waals surface area contributed by atoms with Crippen molar-refractivity contribution >= 4 is 17.6 Å². The van der Waals surface area contributed by atoms with Crippen LogP contribution in [0.15, 0.2) is 47.6 Å². The summed E-state index contributed by atoms with van der Waals surface area (Å²) in [5, 5.41) is 14.9. The molecule has 136 valence electrons. The van der Waals surface area contributed by atoms with Crippen LogP contribution in [0.2, 0.25) is 0 Å². The zero-order valence-electron chi connectivity index (χ0n) is 14.7. The van der Waals surface area contributed by atoms with Crippen LogP contribution in [-0.2, 0) is 11.2 Å². The normalized spacial score (nSPS) is 11.0. The molecule has 0 aromatic heterocycles. The fourth-order valence-corrected chi connectivity index (χ4v) is 2.30. The van der Waals surface area contributed by atoms with Crippen molar-refractivity contribution < 1.29 is 24.2 Å². The number of carbonyl (C=O) groups is 2. The molecule has 0 heterocycles. The van der Waals surface area contributed by atoms with Crippen molar-refractivity contribution in [2.45, 2.75) is 13.3 Å². The van der Waals surface area contributed by atoms with Gasteiger partial charge < -0.3 is 19.4 Å². The SMILES string of the molecule is COc1ccc(C(=O)N/N=C(/C)c2ccc(OC)c(CC(=O)[O-])c2)cc1. The number of rotatable bonds is 7. The third kappa shape index (κ3) is 4.83. The molecule has 2 rings (SSSR count). The number of carboxylic acids is 1. The van der Waals surface area contributed by atoms with Gasteiger partial charge in [-0.2, -0.15) is 5.10 Å². The van der Waals surface area contributed by atoms with E-state index in [-0.39, 0.29) is 12.3 Å². The molecule has 0 atom stereocenters. The van der Waals surface area contributed by atoms with Crippen molar-refractivity contribution in [3.63, 3.8) is 0 Å². The van der Waals surface area contributed by atoms with E-state index in [0.29, 0.717) is 33.9 Å². The van der Waals surface area contributed by atoms with Gasteiger partial charge in [0.05, 0.1) is 19.9 Å². The first-order valence-electron chi connectivity index (χ1n) is 7.80. The smallest absolute Gasteiger partial charge is 0.271 e. The second-order valence-corrected chi connectivity index (χ2v) is 5.44. The molecule has 0 aliphatic rings. The second-order valence-electron chi connectivity index (χ2n) is 5.44. The first-order valence-corrected chi connectivity index (χ1v) is 7.80. The van der Waals surface area contributed by atoms with Crippen LogP contribution in [0.1, 0.15) is 28.4 Å². The minimum Gasteiger partial charge on any atom is -0.550 e. The average Bonchev–Trinajstić information content (AvgIpc) is 2.65. The van der Waals surface area contributed by atoms with E-state index < -0.39 is 5.97 Å². The maximum absolute atomic E-state index is 12.1. The summed E-state index contributed by atoms with van der Waals surface area (Å²) in [4.78, 5) is 23.0. The summed E-state index contributed by atoms with van der Waals surface area (Å²) >= 11 is 0. The lowest BCUT2D eigenvalue weighted by molar-refractivity contribution is -0.304. The average molecular weight is 355 g/mol. The lowest BCUT2D eigenvalue weighted by atomic mass is 10.0. The van der Waals surface area contributed by atoms with E-state index >= 15 is 0 Å². The summed E-state index contributed by atoms with van der Waals surface area (Å²) in [6.07, 6.45) is -0.275. The van der Waals surface area contributed by atoms with Gasteiger partial charge in [-0.15, -0.1) is 0 Å². The number of carboxylic acid groups (broad SMARTS) is 1. The molecule has 0 aliphatic carbocycles. The lowest BCUT2D eigenvalue weighted by Crippen LogP contribution is -2.24. The fourth-order valence-electron chi connectivity index (χ4n) is 2.30. The molecule has 1 N–H and O–H groups in total. The standard InChI is InChI=1S/C19H20N2O5/c1-12(14-6-9-17(26-3)15(10-14)11-18(22)23)20-21-19(24)13-4-7-16(25-2)8-5-13/h4-10H,11H2,1-3H3,(H,21,24)(H,22,23)/p-1/b20-12-. The van der Waals surface area contributed by atoms with E-state index in [4.69, 9.17) is 9.47 Å². The van der Waals surface area contributed by atoms with Gasteiger partial charge in [-0.25, -0.2) is 5.43 Å². The van der Waals surface area contributed by atoms with Gasteiger partial charge in [0.2, 0.25) is 0 Å². The number of hydrazone groups is 1. The van der Waals surface area contributed by atoms with E-state index in [9.17, 15) is 14.7 Å². The van der Waals surface area contributed by atoms with Crippen LogP contribution >= 0.6 is 0 Å². The Hall–Kier alpha value is -3.35. The van der Waals surface area contributed by atoms with Crippen molar-refractivity contribution in [3.05, 3.63) is 59.2 Å². The Morgan fingerprint density at radius 3 is 2.27 bits per heavy atom. The number of hydrogen-bond donors (Lipinski definition) is 1. The summed E-state index contributed by atoms with van der Waals surface area (Å²) in [7, 11) is 3.01. The van der Waals surface area contributed by atoms with E-state index in [1.807, 2.05) is 0 Å². The zero-order chi connectivity index (χ0) is 19.1. The van der Waals surface area contributed by atoms with Crippen molar-refractivity contribution in [3.8, 4) is 11.5 Å². The van der Waals surface area contributed by atoms with Gasteiger partial charge in [-0.3, -0.25) is 4.79 Å². The fraction of sp³-hybridized carbons (Fsp3) is 0.211. The van der Waals surface area contributed by atoms with Crippen LogP contribution in [0.4, 0.5) is 0 Å². The van der Waals surface area contributed by atoms with Crippen LogP contribution in [0.3, 0.4) is 0 Å². The zero-order valence-corrected chi connectivity index (χ0v) is 14.7. The molecule has 0 fully saturated rings. The molecule has 26 heavy (non-hydrogen) atoms. The van der Waals surface area contributed by atoms with Gasteiger partial charge in [0.25, 0.3) is 5.91 Å². The van der Waals surface area contributed by atoms with Crippen molar-refractivity contribution in [2.24, 2.45) is 5.10 Å². The van der Waals surface area contributed by atoms with Gasteiger partial charge in [-0.05, 0) is 55.0 Å². The predicted molar refractivity (Wildman–Crippen MR) is 94.4 cm³/mol. The van der Waals surface area contributed by atoms with E-state index in [0.717, 1.165) is 0 Å². The highest BCUT2D eigenvalue weighted by molar-refractivity contribution is 6.01. The van der Waals surface area contributed by atoms with Crippen molar-refractivity contribution in [1.82, 2.24) is 5.43 Å². The summed E-state index contributed by atoms with van der Waals surface area (Å²) in [5.41, 5.74) is 4.57. The molecule has 1 amide bonds. The quantitative estimate of drug-likeness (QED) is 0.593. The van der Waals surface area contributed by atoms with Crippen LogP contribution < -0.4 is 20.0 Å². The van der Waals surface area contributed by atoms with Gasteiger partial charge in [0.15, 0.2) is 0 Å². The third-order valence-corrected chi connectivity index (χ3v) is 3.71. The van der Waals surface area contributed by atoms with Gasteiger partial charge >= 0.3 is 0 Å². The maximum Gasteiger partial charge on any atom is 0.271 e. The summed E-state index contributed by atoms with van der Waals surface area (Å²) in [6, 6.07) is 11.7. The van der Waals surface area contributed by atoms with Crippen LogP contribution in [0.25, 0.3) is 0 Å². The molecule has 0 spiro atoms. The first kappa shape index (κ1) is 19.0. The Balaban J connectivity index is 2.15. The first-order chi connectivity index (χ1) is 12.4. The number of hydrogen-bond acceptors (Lipinski definition) is 6. The molecule has 0 saturated carbocycles. The Morgan fingerprint density at radius 1 is 1.04 bits per heavy atom.